The quantitative estimate of drug-likeness (QED) is 0.165. The second-order valence-corrected chi connectivity index (χ2v) is 10.1. The first-order valence-corrected chi connectivity index (χ1v) is 12.6. The number of phenolic OH excluding ortho intramolecular Hbond substituents is 2. The zero-order valence-corrected chi connectivity index (χ0v) is 21.7. The highest BCUT2D eigenvalue weighted by Crippen LogP contribution is 2.34. The number of rotatable bonds is 7. The summed E-state index contributed by atoms with van der Waals surface area (Å²) in [5.41, 5.74) is -1.58. The summed E-state index contributed by atoms with van der Waals surface area (Å²) in [5.74, 6) is -0.537. The molecule has 2 fully saturated rings. The lowest BCUT2D eigenvalue weighted by Crippen LogP contribution is -2.60. The molecule has 8 atom stereocenters. The number of fused-ring (bicyclic) bond motifs is 1. The Morgan fingerprint density at radius 3 is 2.41 bits per heavy atom. The summed E-state index contributed by atoms with van der Waals surface area (Å²) in [4.78, 5) is 12.8. The zero-order chi connectivity index (χ0) is 29.6. The van der Waals surface area contributed by atoms with Crippen LogP contribution in [0.2, 0.25) is 0 Å². The molecular formula is C27H30O14. The molecule has 0 aliphatic carbocycles. The van der Waals surface area contributed by atoms with Crippen molar-refractivity contribution < 1.29 is 64.2 Å². The van der Waals surface area contributed by atoms with Crippen LogP contribution in [0.5, 0.6) is 17.2 Å². The number of aliphatic hydroxyl groups is 6. The van der Waals surface area contributed by atoms with Gasteiger partial charge in [-0.15, -0.1) is 0 Å². The van der Waals surface area contributed by atoms with Crippen molar-refractivity contribution in [3.05, 3.63) is 52.2 Å². The molecule has 2 aliphatic rings. The van der Waals surface area contributed by atoms with Gasteiger partial charge in [-0.1, -0.05) is 12.1 Å². The number of hydrogen-bond donors (Lipinski definition) is 8. The van der Waals surface area contributed by atoms with Crippen molar-refractivity contribution in [2.45, 2.75) is 55.6 Å². The van der Waals surface area contributed by atoms with Crippen molar-refractivity contribution >= 4 is 11.0 Å². The maximum Gasteiger partial charge on any atom is 0.229 e. The second-order valence-electron chi connectivity index (χ2n) is 10.1. The van der Waals surface area contributed by atoms with Gasteiger partial charge in [-0.3, -0.25) is 4.79 Å². The molecule has 3 heterocycles. The summed E-state index contributed by atoms with van der Waals surface area (Å²) >= 11 is 0. The first kappa shape index (κ1) is 29.2. The molecule has 8 unspecified atom stereocenters. The second kappa shape index (κ2) is 11.2. The monoisotopic (exact) mass is 578 g/mol. The van der Waals surface area contributed by atoms with Gasteiger partial charge in [0.05, 0.1) is 19.8 Å². The average molecular weight is 579 g/mol. The van der Waals surface area contributed by atoms with E-state index in [4.69, 9.17) is 23.4 Å². The van der Waals surface area contributed by atoms with Gasteiger partial charge < -0.3 is 64.2 Å². The molecule has 8 N–H and O–H groups in total. The Bertz CT molecular complexity index is 1470. The summed E-state index contributed by atoms with van der Waals surface area (Å²) in [7, 11) is 0. The minimum Gasteiger partial charge on any atom is -0.508 e. The van der Waals surface area contributed by atoms with E-state index in [1.54, 1.807) is 19.1 Å². The maximum absolute atomic E-state index is 12.8. The number of hydrogen-bond acceptors (Lipinski definition) is 14. The number of benzene rings is 2. The zero-order valence-electron chi connectivity index (χ0n) is 21.7. The van der Waals surface area contributed by atoms with Crippen molar-refractivity contribution in [1.29, 1.82) is 0 Å². The van der Waals surface area contributed by atoms with Crippen molar-refractivity contribution in [3.8, 4) is 28.6 Å². The number of aryl methyl sites for hydroxylation is 1. The number of phenols is 2. The van der Waals surface area contributed by atoms with E-state index in [2.05, 4.69) is 0 Å². The van der Waals surface area contributed by atoms with Crippen molar-refractivity contribution in [2.75, 3.05) is 19.8 Å². The van der Waals surface area contributed by atoms with E-state index in [0.29, 0.717) is 11.1 Å². The number of aliphatic hydroxyl groups excluding tert-OH is 5. The standard InChI is InChI=1S/C27H30O14/c1-11-2-3-12(4-14(11)29)17-7-16(31)20-15(30)5-13(6-18(20)40-17)39-25-23(34)22(33)21(32)19(41-25)8-37-26-24(35)27(36,9-28)10-38-26/h2-7,19,21-26,28-30,32-36H,8-10H2,1H3. The van der Waals surface area contributed by atoms with Crippen LogP contribution in [0, 0.1) is 6.92 Å². The fourth-order valence-corrected chi connectivity index (χ4v) is 4.63. The maximum atomic E-state index is 12.8. The van der Waals surface area contributed by atoms with Gasteiger partial charge in [0.25, 0.3) is 0 Å². The molecule has 0 radical (unpaired) electrons. The van der Waals surface area contributed by atoms with E-state index in [9.17, 15) is 45.6 Å². The average Bonchev–Trinajstić information content (AvgIpc) is 3.23. The largest absolute Gasteiger partial charge is 0.508 e. The summed E-state index contributed by atoms with van der Waals surface area (Å²) in [5, 5.41) is 81.2. The van der Waals surface area contributed by atoms with Crippen LogP contribution in [0.1, 0.15) is 5.56 Å². The van der Waals surface area contributed by atoms with Crippen LogP contribution >= 0.6 is 0 Å². The first-order chi connectivity index (χ1) is 19.4. The highest BCUT2D eigenvalue weighted by atomic mass is 16.7. The van der Waals surface area contributed by atoms with E-state index >= 15 is 0 Å². The molecule has 1 aromatic heterocycles. The Hall–Kier alpha value is -3.31. The highest BCUT2D eigenvalue weighted by molar-refractivity contribution is 5.86. The number of ether oxygens (including phenoxy) is 4. The molecule has 0 saturated carbocycles. The fourth-order valence-electron chi connectivity index (χ4n) is 4.63. The molecule has 5 rings (SSSR count). The summed E-state index contributed by atoms with van der Waals surface area (Å²) < 4.78 is 27.6. The Morgan fingerprint density at radius 2 is 1.73 bits per heavy atom. The van der Waals surface area contributed by atoms with Crippen LogP contribution in [-0.4, -0.2) is 109 Å². The third kappa shape index (κ3) is 5.49. The van der Waals surface area contributed by atoms with Crippen LogP contribution in [0.15, 0.2) is 45.6 Å². The Morgan fingerprint density at radius 1 is 0.976 bits per heavy atom. The molecule has 2 aliphatic heterocycles. The van der Waals surface area contributed by atoms with Gasteiger partial charge in [-0.25, -0.2) is 0 Å². The van der Waals surface area contributed by atoms with E-state index in [0.717, 1.165) is 12.1 Å². The molecule has 14 nitrogen and oxygen atoms in total. The topological polar surface area (TPSA) is 229 Å². The third-order valence-electron chi connectivity index (χ3n) is 7.20. The van der Waals surface area contributed by atoms with Crippen molar-refractivity contribution in [3.63, 3.8) is 0 Å². The molecule has 2 saturated heterocycles. The molecule has 0 bridgehead atoms. The van der Waals surface area contributed by atoms with Gasteiger partial charge in [-0.2, -0.15) is 0 Å². The lowest BCUT2D eigenvalue weighted by molar-refractivity contribution is -0.289. The smallest absolute Gasteiger partial charge is 0.229 e. The van der Waals surface area contributed by atoms with Crippen molar-refractivity contribution in [1.82, 2.24) is 0 Å². The van der Waals surface area contributed by atoms with Crippen molar-refractivity contribution in [2.24, 2.45) is 0 Å². The lowest BCUT2D eigenvalue weighted by atomic mass is 9.99. The molecule has 2 aromatic carbocycles. The minimum absolute atomic E-state index is 0.00836. The van der Waals surface area contributed by atoms with Gasteiger partial charge >= 0.3 is 0 Å². The Balaban J connectivity index is 1.36. The predicted octanol–water partition coefficient (Wildman–Crippen LogP) is -1.18. The van der Waals surface area contributed by atoms with Gasteiger partial charge in [-0.05, 0) is 18.6 Å². The lowest BCUT2D eigenvalue weighted by Gasteiger charge is -2.40. The van der Waals surface area contributed by atoms with Gasteiger partial charge in [0.15, 0.2) is 11.7 Å². The molecule has 41 heavy (non-hydrogen) atoms. The Kier molecular flexibility index (Phi) is 7.95. The van der Waals surface area contributed by atoms with Gasteiger partial charge in [0.1, 0.15) is 70.1 Å². The molecular weight excluding hydrogens is 548 g/mol. The third-order valence-corrected chi connectivity index (χ3v) is 7.20. The van der Waals surface area contributed by atoms with Crippen LogP contribution in [-0.2, 0) is 14.2 Å². The van der Waals surface area contributed by atoms with E-state index in [-0.39, 0.29) is 28.2 Å². The predicted molar refractivity (Wildman–Crippen MR) is 137 cm³/mol. The summed E-state index contributed by atoms with van der Waals surface area (Å²) in [6.45, 7) is 0.0168. The molecule has 14 heteroatoms. The first-order valence-electron chi connectivity index (χ1n) is 12.6. The van der Waals surface area contributed by atoms with E-state index in [1.807, 2.05) is 0 Å². The van der Waals surface area contributed by atoms with E-state index < -0.39 is 79.7 Å². The fraction of sp³-hybridized carbons (Fsp3) is 0.444. The number of aromatic hydroxyl groups is 2. The molecule has 3 aromatic rings. The molecule has 0 amide bonds. The van der Waals surface area contributed by atoms with E-state index in [1.165, 1.54) is 12.1 Å². The molecule has 222 valence electrons. The summed E-state index contributed by atoms with van der Waals surface area (Å²) in [6.07, 6.45) is -11.1. The van der Waals surface area contributed by atoms with Crippen LogP contribution in [0.3, 0.4) is 0 Å². The highest BCUT2D eigenvalue weighted by Gasteiger charge is 2.50. The van der Waals surface area contributed by atoms with Crippen LogP contribution in [0.25, 0.3) is 22.3 Å². The normalized spacial score (nSPS) is 31.9. The van der Waals surface area contributed by atoms with Crippen LogP contribution in [0.4, 0.5) is 0 Å². The Labute approximate surface area is 231 Å². The summed E-state index contributed by atoms with van der Waals surface area (Å²) in [6, 6.07) is 8.19. The SMILES string of the molecule is Cc1ccc(-c2cc(=O)c3c(O)cc(OC4OC(COC5OCC(O)(CO)C5O)C(O)C(O)C4O)cc3o2)cc1O. The van der Waals surface area contributed by atoms with Gasteiger partial charge in [0.2, 0.25) is 6.29 Å². The minimum atomic E-state index is -1.94. The van der Waals surface area contributed by atoms with Crippen LogP contribution < -0.4 is 10.2 Å². The molecule has 0 spiro atoms. The van der Waals surface area contributed by atoms with Gasteiger partial charge in [0, 0.05) is 23.8 Å².